The van der Waals surface area contributed by atoms with Crippen molar-refractivity contribution >= 4 is 11.8 Å². The lowest BCUT2D eigenvalue weighted by Crippen LogP contribution is -2.58. The summed E-state index contributed by atoms with van der Waals surface area (Å²) >= 11 is 0. The summed E-state index contributed by atoms with van der Waals surface area (Å²) in [7, 11) is 0. The van der Waals surface area contributed by atoms with Crippen LogP contribution in [0.1, 0.15) is 31.2 Å². The summed E-state index contributed by atoms with van der Waals surface area (Å²) < 4.78 is 7.05. The van der Waals surface area contributed by atoms with Crippen molar-refractivity contribution in [2.45, 2.75) is 45.7 Å². The topological polar surface area (TPSA) is 67.7 Å². The first-order chi connectivity index (χ1) is 11.4. The molecule has 0 spiro atoms. The average molecular weight is 334 g/mol. The van der Waals surface area contributed by atoms with Crippen LogP contribution in [0.3, 0.4) is 0 Å². The second kappa shape index (κ2) is 6.55. The van der Waals surface area contributed by atoms with Gasteiger partial charge in [0.2, 0.25) is 11.8 Å². The third-order valence-electron chi connectivity index (χ3n) is 5.09. The van der Waals surface area contributed by atoms with Gasteiger partial charge in [-0.25, -0.2) is 0 Å². The number of amides is 2. The average Bonchev–Trinajstić information content (AvgIpc) is 3.10. The van der Waals surface area contributed by atoms with E-state index in [1.165, 1.54) is 0 Å². The van der Waals surface area contributed by atoms with Crippen LogP contribution >= 0.6 is 0 Å². The third-order valence-corrected chi connectivity index (χ3v) is 5.09. The van der Waals surface area contributed by atoms with Gasteiger partial charge in [-0.1, -0.05) is 0 Å². The fourth-order valence-electron chi connectivity index (χ4n) is 3.74. The van der Waals surface area contributed by atoms with Gasteiger partial charge in [0.25, 0.3) is 0 Å². The lowest BCUT2D eigenvalue weighted by atomic mass is 9.96. The van der Waals surface area contributed by atoms with E-state index < -0.39 is 5.54 Å². The van der Waals surface area contributed by atoms with E-state index in [1.807, 2.05) is 31.7 Å². The maximum absolute atomic E-state index is 13.0. The summed E-state index contributed by atoms with van der Waals surface area (Å²) in [6, 6.07) is 1.95. The molecular weight excluding hydrogens is 308 g/mol. The SMILES string of the molecule is Cc1cc(C)n(CC(=O)N2CCC[C@]2(C)C(=O)N2CCOCC2)n1. The zero-order valence-electron chi connectivity index (χ0n) is 14.7. The molecule has 3 rings (SSSR count). The summed E-state index contributed by atoms with van der Waals surface area (Å²) in [6.07, 6.45) is 1.57. The molecule has 0 radical (unpaired) electrons. The molecule has 1 atom stereocenters. The molecule has 0 unspecified atom stereocenters. The van der Waals surface area contributed by atoms with Crippen molar-refractivity contribution in [1.29, 1.82) is 0 Å². The zero-order chi connectivity index (χ0) is 17.3. The molecule has 7 nitrogen and oxygen atoms in total. The molecule has 2 aliphatic rings. The highest BCUT2D eigenvalue weighted by Gasteiger charge is 2.47. The predicted octanol–water partition coefficient (Wildman–Crippen LogP) is 0.740. The minimum absolute atomic E-state index is 0.0391. The molecule has 0 N–H and O–H groups in total. The normalized spacial score (nSPS) is 24.5. The van der Waals surface area contributed by atoms with Crippen LogP contribution in [-0.4, -0.2) is 69.8 Å². The van der Waals surface area contributed by atoms with Crippen molar-refractivity contribution < 1.29 is 14.3 Å². The molecule has 24 heavy (non-hydrogen) atoms. The number of hydrogen-bond acceptors (Lipinski definition) is 4. The van der Waals surface area contributed by atoms with Crippen LogP contribution in [0, 0.1) is 13.8 Å². The molecule has 2 fully saturated rings. The van der Waals surface area contributed by atoms with Gasteiger partial charge >= 0.3 is 0 Å². The van der Waals surface area contributed by atoms with E-state index in [0.717, 1.165) is 17.8 Å². The Morgan fingerprint density at radius 1 is 1.25 bits per heavy atom. The molecule has 1 aromatic heterocycles. The Kier molecular flexibility index (Phi) is 4.62. The van der Waals surface area contributed by atoms with Gasteiger partial charge < -0.3 is 14.5 Å². The summed E-state index contributed by atoms with van der Waals surface area (Å²) in [5, 5.41) is 4.36. The molecule has 2 aliphatic heterocycles. The first-order valence-corrected chi connectivity index (χ1v) is 8.60. The quantitative estimate of drug-likeness (QED) is 0.818. The lowest BCUT2D eigenvalue weighted by molar-refractivity contribution is -0.153. The van der Waals surface area contributed by atoms with Gasteiger partial charge in [-0.15, -0.1) is 0 Å². The first-order valence-electron chi connectivity index (χ1n) is 8.60. The molecule has 2 saturated heterocycles. The van der Waals surface area contributed by atoms with Crippen molar-refractivity contribution in [2.24, 2.45) is 0 Å². The van der Waals surface area contributed by atoms with Crippen molar-refractivity contribution in [3.05, 3.63) is 17.5 Å². The van der Waals surface area contributed by atoms with Crippen molar-refractivity contribution in [2.75, 3.05) is 32.8 Å². The van der Waals surface area contributed by atoms with E-state index in [4.69, 9.17) is 4.74 Å². The van der Waals surface area contributed by atoms with E-state index in [2.05, 4.69) is 5.10 Å². The number of likely N-dealkylation sites (tertiary alicyclic amines) is 1. The van der Waals surface area contributed by atoms with E-state index >= 15 is 0 Å². The number of aryl methyl sites for hydroxylation is 2. The molecule has 0 bridgehead atoms. The summed E-state index contributed by atoms with van der Waals surface area (Å²) in [6.45, 7) is 8.92. The van der Waals surface area contributed by atoms with Gasteiger partial charge in [-0.05, 0) is 39.7 Å². The second-order valence-electron chi connectivity index (χ2n) is 6.91. The molecule has 0 saturated carbocycles. The molecule has 132 valence electrons. The van der Waals surface area contributed by atoms with E-state index in [0.29, 0.717) is 39.3 Å². The Labute approximate surface area is 142 Å². The third kappa shape index (κ3) is 3.05. The summed E-state index contributed by atoms with van der Waals surface area (Å²) in [5.41, 5.74) is 1.11. The van der Waals surface area contributed by atoms with Crippen molar-refractivity contribution in [3.63, 3.8) is 0 Å². The van der Waals surface area contributed by atoms with Crippen molar-refractivity contribution in [3.8, 4) is 0 Å². The Hall–Kier alpha value is -1.89. The molecule has 2 amide bonds. The zero-order valence-corrected chi connectivity index (χ0v) is 14.7. The monoisotopic (exact) mass is 334 g/mol. The maximum atomic E-state index is 13.0. The molecule has 0 aliphatic carbocycles. The van der Waals surface area contributed by atoms with Crippen LogP contribution in [0.5, 0.6) is 0 Å². The number of rotatable bonds is 3. The largest absolute Gasteiger partial charge is 0.378 e. The molecule has 0 aromatic carbocycles. The number of nitrogens with zero attached hydrogens (tertiary/aromatic N) is 4. The summed E-state index contributed by atoms with van der Waals surface area (Å²) in [5.74, 6) is 0.00725. The van der Waals surface area contributed by atoms with Crippen LogP contribution in [0.25, 0.3) is 0 Å². The van der Waals surface area contributed by atoms with Crippen LogP contribution in [0.4, 0.5) is 0 Å². The van der Waals surface area contributed by atoms with Crippen LogP contribution in [0.15, 0.2) is 6.07 Å². The number of morpholine rings is 1. The van der Waals surface area contributed by atoms with Crippen LogP contribution in [0.2, 0.25) is 0 Å². The Bertz CT molecular complexity index is 636. The van der Waals surface area contributed by atoms with Crippen LogP contribution in [-0.2, 0) is 20.9 Å². The highest BCUT2D eigenvalue weighted by atomic mass is 16.5. The van der Waals surface area contributed by atoms with Gasteiger partial charge in [-0.3, -0.25) is 14.3 Å². The number of aromatic nitrogens is 2. The molecule has 1 aromatic rings. The van der Waals surface area contributed by atoms with Crippen molar-refractivity contribution in [1.82, 2.24) is 19.6 Å². The smallest absolute Gasteiger partial charge is 0.248 e. The minimum Gasteiger partial charge on any atom is -0.378 e. The van der Waals surface area contributed by atoms with E-state index in [-0.39, 0.29) is 18.4 Å². The Morgan fingerprint density at radius 3 is 2.58 bits per heavy atom. The van der Waals surface area contributed by atoms with Gasteiger partial charge in [0.15, 0.2) is 0 Å². The Balaban J connectivity index is 1.74. The van der Waals surface area contributed by atoms with E-state index in [1.54, 1.807) is 9.58 Å². The fourth-order valence-corrected chi connectivity index (χ4v) is 3.74. The number of carbonyl (C=O) groups excluding carboxylic acids is 2. The highest BCUT2D eigenvalue weighted by Crippen LogP contribution is 2.31. The molecular formula is C17H26N4O3. The number of hydrogen-bond donors (Lipinski definition) is 0. The molecule has 3 heterocycles. The molecule has 7 heteroatoms. The lowest BCUT2D eigenvalue weighted by Gasteiger charge is -2.39. The minimum atomic E-state index is -0.746. The first kappa shape index (κ1) is 17.0. The van der Waals surface area contributed by atoms with Gasteiger partial charge in [0, 0.05) is 25.3 Å². The van der Waals surface area contributed by atoms with Gasteiger partial charge in [-0.2, -0.15) is 5.10 Å². The van der Waals surface area contributed by atoms with Gasteiger partial charge in [0.05, 0.1) is 18.9 Å². The number of ether oxygens (including phenoxy) is 1. The predicted molar refractivity (Wildman–Crippen MR) is 88.5 cm³/mol. The fraction of sp³-hybridized carbons (Fsp3) is 0.706. The second-order valence-corrected chi connectivity index (χ2v) is 6.91. The standard InChI is InChI=1S/C17H26N4O3/c1-13-11-14(2)21(18-13)12-15(22)20-6-4-5-17(20,3)16(23)19-7-9-24-10-8-19/h11H,4-10,12H2,1-3H3/t17-/m1/s1. The highest BCUT2D eigenvalue weighted by molar-refractivity contribution is 5.91. The van der Waals surface area contributed by atoms with E-state index in [9.17, 15) is 9.59 Å². The maximum Gasteiger partial charge on any atom is 0.248 e. The summed E-state index contributed by atoms with van der Waals surface area (Å²) in [4.78, 5) is 29.4. The van der Waals surface area contributed by atoms with Crippen LogP contribution < -0.4 is 0 Å². The van der Waals surface area contributed by atoms with Gasteiger partial charge in [0.1, 0.15) is 12.1 Å². The Morgan fingerprint density at radius 2 is 1.96 bits per heavy atom. The number of carbonyl (C=O) groups is 2.